The van der Waals surface area contributed by atoms with Crippen molar-refractivity contribution in [3.05, 3.63) is 11.6 Å². The zero-order valence-corrected chi connectivity index (χ0v) is 21.1. The number of allylic oxidation sites excluding steroid dienone is 2. The molecule has 31 heavy (non-hydrogen) atoms. The van der Waals surface area contributed by atoms with Gasteiger partial charge >= 0.3 is 0 Å². The third-order valence-electron chi connectivity index (χ3n) is 11.8. The summed E-state index contributed by atoms with van der Waals surface area (Å²) < 4.78 is 0. The summed E-state index contributed by atoms with van der Waals surface area (Å²) in [7, 11) is 0. The van der Waals surface area contributed by atoms with Crippen LogP contribution in [0.2, 0.25) is 0 Å². The fraction of sp³-hybridized carbons (Fsp3) is 0.931. The van der Waals surface area contributed by atoms with Crippen molar-refractivity contribution in [3.8, 4) is 0 Å². The van der Waals surface area contributed by atoms with Gasteiger partial charge in [0.05, 0.1) is 0 Å². The highest BCUT2D eigenvalue weighted by Gasteiger charge is 2.58. The quantitative estimate of drug-likeness (QED) is 0.500. The van der Waals surface area contributed by atoms with Gasteiger partial charge in [0.25, 0.3) is 0 Å². The molecule has 0 bridgehead atoms. The molecule has 0 amide bonds. The van der Waals surface area contributed by atoms with Gasteiger partial charge < -0.3 is 11.1 Å². The number of nitrogens with one attached hydrogen (secondary N) is 1. The molecule has 1 aliphatic heterocycles. The van der Waals surface area contributed by atoms with Crippen molar-refractivity contribution in [2.24, 2.45) is 58.0 Å². The van der Waals surface area contributed by atoms with Crippen LogP contribution in [0.1, 0.15) is 98.8 Å². The van der Waals surface area contributed by atoms with E-state index in [1.165, 1.54) is 70.8 Å². The molecule has 2 heteroatoms. The lowest BCUT2D eigenvalue weighted by atomic mass is 9.47. The second-order valence-electron chi connectivity index (χ2n) is 13.5. The van der Waals surface area contributed by atoms with E-state index in [9.17, 15) is 0 Å². The topological polar surface area (TPSA) is 38.0 Å². The van der Waals surface area contributed by atoms with Crippen LogP contribution in [0.5, 0.6) is 0 Å². The summed E-state index contributed by atoms with van der Waals surface area (Å²) in [6.07, 6.45) is 16.6. The van der Waals surface area contributed by atoms with Crippen LogP contribution in [0.4, 0.5) is 0 Å². The van der Waals surface area contributed by atoms with E-state index in [4.69, 9.17) is 5.73 Å². The average Bonchev–Trinajstić information content (AvgIpc) is 3.32. The van der Waals surface area contributed by atoms with Gasteiger partial charge in [0.15, 0.2) is 0 Å². The molecular weight excluding hydrogens is 376 g/mol. The summed E-state index contributed by atoms with van der Waals surface area (Å²) in [4.78, 5) is 0. The van der Waals surface area contributed by atoms with Gasteiger partial charge in [-0.3, -0.25) is 0 Å². The zero-order chi connectivity index (χ0) is 22.0. The van der Waals surface area contributed by atoms with Gasteiger partial charge in [-0.1, -0.05) is 46.3 Å². The molecule has 5 aliphatic rings. The molecule has 4 fully saturated rings. The van der Waals surface area contributed by atoms with Gasteiger partial charge in [-0.25, -0.2) is 0 Å². The van der Waals surface area contributed by atoms with Crippen LogP contribution in [-0.2, 0) is 0 Å². The first-order valence-corrected chi connectivity index (χ1v) is 13.9. The first kappa shape index (κ1) is 22.5. The monoisotopic (exact) mass is 426 g/mol. The Hall–Kier alpha value is -0.340. The van der Waals surface area contributed by atoms with Gasteiger partial charge in [0, 0.05) is 12.1 Å². The maximum absolute atomic E-state index is 6.40. The van der Waals surface area contributed by atoms with Crippen molar-refractivity contribution in [1.29, 1.82) is 0 Å². The summed E-state index contributed by atoms with van der Waals surface area (Å²) >= 11 is 0. The van der Waals surface area contributed by atoms with Crippen molar-refractivity contribution in [2.75, 3.05) is 6.54 Å². The minimum absolute atomic E-state index is 0.456. The van der Waals surface area contributed by atoms with E-state index in [0.29, 0.717) is 16.9 Å². The number of rotatable bonds is 4. The van der Waals surface area contributed by atoms with Crippen LogP contribution in [0.25, 0.3) is 0 Å². The van der Waals surface area contributed by atoms with Crippen LogP contribution in [0.15, 0.2) is 11.6 Å². The van der Waals surface area contributed by atoms with Crippen LogP contribution in [-0.4, -0.2) is 18.6 Å². The molecule has 0 spiro atoms. The predicted molar refractivity (Wildman–Crippen MR) is 132 cm³/mol. The van der Waals surface area contributed by atoms with Crippen LogP contribution < -0.4 is 11.1 Å². The van der Waals surface area contributed by atoms with Gasteiger partial charge in [-0.05, 0) is 123 Å². The van der Waals surface area contributed by atoms with Crippen molar-refractivity contribution in [2.45, 2.75) is 111 Å². The summed E-state index contributed by atoms with van der Waals surface area (Å²) in [6.45, 7) is 14.1. The van der Waals surface area contributed by atoms with E-state index in [1.54, 1.807) is 0 Å². The molecule has 4 aliphatic carbocycles. The highest BCUT2D eigenvalue weighted by molar-refractivity contribution is 5.27. The lowest BCUT2D eigenvalue weighted by Crippen LogP contribution is -2.51. The van der Waals surface area contributed by atoms with Crippen LogP contribution in [0.3, 0.4) is 0 Å². The average molecular weight is 427 g/mol. The lowest BCUT2D eigenvalue weighted by molar-refractivity contribution is -0.0126. The number of fused-ring (bicyclic) bond motifs is 5. The minimum atomic E-state index is 0.456. The third-order valence-corrected chi connectivity index (χ3v) is 11.8. The van der Waals surface area contributed by atoms with Gasteiger partial charge in [0.2, 0.25) is 0 Å². The first-order chi connectivity index (χ1) is 14.7. The second-order valence-corrected chi connectivity index (χ2v) is 13.5. The van der Waals surface area contributed by atoms with Crippen molar-refractivity contribution in [1.82, 2.24) is 5.32 Å². The smallest absolute Gasteiger partial charge is 0.0101 e. The zero-order valence-electron chi connectivity index (χ0n) is 21.1. The first-order valence-electron chi connectivity index (χ1n) is 13.9. The number of hydrogen-bond donors (Lipinski definition) is 2. The Bertz CT molecular complexity index is 697. The summed E-state index contributed by atoms with van der Waals surface area (Å²) in [5.74, 6) is 6.03. The Morgan fingerprint density at radius 2 is 1.74 bits per heavy atom. The Balaban J connectivity index is 1.33. The Morgan fingerprint density at radius 3 is 2.52 bits per heavy atom. The molecule has 0 radical (unpaired) electrons. The Labute approximate surface area is 192 Å². The molecule has 3 saturated carbocycles. The molecule has 3 N–H and O–H groups in total. The fourth-order valence-electron chi connectivity index (χ4n) is 9.93. The molecule has 0 aromatic heterocycles. The maximum atomic E-state index is 6.40. The number of nitrogens with two attached hydrogens (primary N) is 1. The van der Waals surface area contributed by atoms with E-state index in [1.807, 2.05) is 5.57 Å². The lowest BCUT2D eigenvalue weighted by Gasteiger charge is -2.58. The second kappa shape index (κ2) is 8.15. The molecule has 176 valence electrons. The van der Waals surface area contributed by atoms with E-state index in [2.05, 4.69) is 46.0 Å². The molecule has 10 atom stereocenters. The normalized spacial score (nSPS) is 50.5. The standard InChI is InChI=1S/C29H50N2/c1-18(2)22-12-15-31-27(22)16-19(3)24-8-9-25-23-7-6-20-17-21(30)10-13-28(20,4)26(23)11-14-29(24,25)5/h7,18-22,24-27,31H,6,8-17,30H2,1-5H3. The summed E-state index contributed by atoms with van der Waals surface area (Å²) in [6, 6.07) is 1.21. The highest BCUT2D eigenvalue weighted by atomic mass is 15.0. The molecule has 10 unspecified atom stereocenters. The fourth-order valence-corrected chi connectivity index (χ4v) is 9.93. The summed E-state index contributed by atoms with van der Waals surface area (Å²) in [5, 5.41) is 3.89. The van der Waals surface area contributed by atoms with Crippen LogP contribution in [0, 0.1) is 52.3 Å². The maximum Gasteiger partial charge on any atom is 0.0101 e. The van der Waals surface area contributed by atoms with E-state index in [-0.39, 0.29) is 0 Å². The van der Waals surface area contributed by atoms with E-state index >= 15 is 0 Å². The third kappa shape index (κ3) is 3.58. The molecular formula is C29H50N2. The van der Waals surface area contributed by atoms with Crippen molar-refractivity contribution >= 4 is 0 Å². The van der Waals surface area contributed by atoms with Crippen molar-refractivity contribution < 1.29 is 0 Å². The molecule has 2 nitrogen and oxygen atoms in total. The Morgan fingerprint density at radius 1 is 1.00 bits per heavy atom. The Kier molecular flexibility index (Phi) is 5.91. The van der Waals surface area contributed by atoms with Gasteiger partial charge in [-0.15, -0.1) is 0 Å². The summed E-state index contributed by atoms with van der Waals surface area (Å²) in [5.41, 5.74) is 9.38. The minimum Gasteiger partial charge on any atom is -0.328 e. The predicted octanol–water partition coefficient (Wildman–Crippen LogP) is 6.55. The van der Waals surface area contributed by atoms with Crippen molar-refractivity contribution in [3.63, 3.8) is 0 Å². The van der Waals surface area contributed by atoms with E-state index in [0.717, 1.165) is 47.5 Å². The molecule has 0 aromatic rings. The molecule has 1 saturated heterocycles. The van der Waals surface area contributed by atoms with Gasteiger partial charge in [0.1, 0.15) is 0 Å². The SMILES string of the molecule is CC(C)C1CCNC1CC(C)C1CCC2C3=CCC4CC(N)CCC4(C)C3CCC21C. The van der Waals surface area contributed by atoms with E-state index < -0.39 is 0 Å². The molecule has 1 heterocycles. The molecule has 5 rings (SSSR count). The van der Waals surface area contributed by atoms with Gasteiger partial charge in [-0.2, -0.15) is 0 Å². The molecule has 0 aromatic carbocycles. The largest absolute Gasteiger partial charge is 0.328 e. The highest BCUT2D eigenvalue weighted by Crippen LogP contribution is 2.67. The van der Waals surface area contributed by atoms with Crippen LogP contribution >= 0.6 is 0 Å². The number of hydrogen-bond acceptors (Lipinski definition) is 2.